The van der Waals surface area contributed by atoms with Gasteiger partial charge in [0.05, 0.1) is 23.4 Å². The van der Waals surface area contributed by atoms with Gasteiger partial charge in [0.2, 0.25) is 0 Å². The average Bonchev–Trinajstić information content (AvgIpc) is 3.35. The lowest BCUT2D eigenvalue weighted by Crippen LogP contribution is -2.17. The van der Waals surface area contributed by atoms with Gasteiger partial charge in [-0.05, 0) is 72.0 Å². The molecule has 0 atom stereocenters. The summed E-state index contributed by atoms with van der Waals surface area (Å²) < 4.78 is 49.4. The quantitative estimate of drug-likeness (QED) is 0.195. The van der Waals surface area contributed by atoms with Crippen LogP contribution in [0.2, 0.25) is 0 Å². The van der Waals surface area contributed by atoms with Crippen molar-refractivity contribution in [1.29, 1.82) is 0 Å². The first-order valence-corrected chi connectivity index (χ1v) is 12.7. The van der Waals surface area contributed by atoms with Gasteiger partial charge >= 0.3 is 6.36 Å². The summed E-state index contributed by atoms with van der Waals surface area (Å²) in [6.07, 6.45) is -2.15. The molecule has 5 rings (SSSR count). The molecule has 2 aromatic heterocycles. The van der Waals surface area contributed by atoms with Gasteiger partial charge in [-0.1, -0.05) is 50.2 Å². The van der Waals surface area contributed by atoms with Crippen LogP contribution in [0.5, 0.6) is 11.5 Å². The third-order valence-electron chi connectivity index (χ3n) is 6.23. The highest BCUT2D eigenvalue weighted by molar-refractivity contribution is 5.78. The van der Waals surface area contributed by atoms with Crippen LogP contribution in [0.4, 0.5) is 13.2 Å². The van der Waals surface area contributed by atoms with Gasteiger partial charge in [0.1, 0.15) is 18.1 Å². The molecule has 8 heteroatoms. The fourth-order valence-electron chi connectivity index (χ4n) is 4.52. The lowest BCUT2D eigenvalue weighted by molar-refractivity contribution is -0.274. The Labute approximate surface area is 224 Å². The number of fused-ring (bicyclic) bond motifs is 1. The van der Waals surface area contributed by atoms with Gasteiger partial charge in [0.15, 0.2) is 0 Å². The van der Waals surface area contributed by atoms with E-state index in [4.69, 9.17) is 9.72 Å². The van der Waals surface area contributed by atoms with Crippen molar-refractivity contribution in [3.05, 3.63) is 108 Å². The molecule has 0 N–H and O–H groups in total. The van der Waals surface area contributed by atoms with Gasteiger partial charge in [0.25, 0.3) is 0 Å². The van der Waals surface area contributed by atoms with E-state index in [1.54, 1.807) is 18.3 Å². The zero-order valence-corrected chi connectivity index (χ0v) is 21.7. The van der Waals surface area contributed by atoms with E-state index in [2.05, 4.69) is 29.7 Å². The fraction of sp³-hybridized carbons (Fsp3) is 0.226. The number of para-hydroxylation sites is 1. The Balaban J connectivity index is 1.35. The van der Waals surface area contributed by atoms with E-state index < -0.39 is 6.36 Å². The molecule has 0 aliphatic heterocycles. The molecule has 0 saturated carbocycles. The number of nitrogens with zero attached hydrogens (tertiary/aromatic N) is 3. The molecule has 0 unspecified atom stereocenters. The molecule has 39 heavy (non-hydrogen) atoms. The van der Waals surface area contributed by atoms with E-state index in [0.29, 0.717) is 19.1 Å². The molecule has 200 valence electrons. The van der Waals surface area contributed by atoms with Crippen molar-refractivity contribution in [3.63, 3.8) is 0 Å². The normalized spacial score (nSPS) is 11.7. The highest BCUT2D eigenvalue weighted by atomic mass is 19.4. The molecule has 3 aromatic carbocycles. The Morgan fingerprint density at radius 1 is 0.872 bits per heavy atom. The molecule has 0 amide bonds. The van der Waals surface area contributed by atoms with Crippen LogP contribution in [-0.4, -0.2) is 21.1 Å². The van der Waals surface area contributed by atoms with Crippen LogP contribution in [0.15, 0.2) is 91.1 Å². The molecule has 5 aromatic rings. The maximum atomic E-state index is 12.5. The molecule has 0 bridgehead atoms. The highest BCUT2D eigenvalue weighted by Crippen LogP contribution is 2.31. The molecule has 0 radical (unpaired) electrons. The molecule has 0 saturated heterocycles. The minimum absolute atomic E-state index is 0.249. The average molecular weight is 532 g/mol. The number of halogens is 3. The molecule has 2 heterocycles. The van der Waals surface area contributed by atoms with Crippen LogP contribution in [0.1, 0.15) is 30.7 Å². The number of alkyl halides is 3. The zero-order chi connectivity index (χ0) is 27.4. The number of benzene rings is 3. The van der Waals surface area contributed by atoms with Crippen LogP contribution in [0, 0.1) is 5.92 Å². The Morgan fingerprint density at radius 2 is 1.64 bits per heavy atom. The minimum Gasteiger partial charge on any atom is -0.487 e. The number of ether oxygens (including phenoxy) is 2. The van der Waals surface area contributed by atoms with Gasteiger partial charge in [-0.3, -0.25) is 4.68 Å². The van der Waals surface area contributed by atoms with Crippen LogP contribution in [-0.2, 0) is 19.6 Å². The third-order valence-corrected chi connectivity index (χ3v) is 6.23. The van der Waals surface area contributed by atoms with Crippen molar-refractivity contribution in [1.82, 2.24) is 14.8 Å². The predicted octanol–water partition coefficient (Wildman–Crippen LogP) is 7.82. The number of rotatable bonds is 9. The maximum absolute atomic E-state index is 12.5. The Kier molecular flexibility index (Phi) is 7.54. The zero-order valence-electron chi connectivity index (χ0n) is 21.7. The molecule has 0 fully saturated rings. The van der Waals surface area contributed by atoms with Crippen LogP contribution < -0.4 is 9.47 Å². The fourth-order valence-corrected chi connectivity index (χ4v) is 4.52. The summed E-state index contributed by atoms with van der Waals surface area (Å²) in [5.74, 6) is 0.926. The number of hydrogen-bond acceptors (Lipinski definition) is 4. The molecular formula is C31H28F3N3O2. The van der Waals surface area contributed by atoms with Crippen molar-refractivity contribution < 1.29 is 22.6 Å². The summed E-state index contributed by atoms with van der Waals surface area (Å²) in [6.45, 7) is 5.09. The van der Waals surface area contributed by atoms with E-state index in [-0.39, 0.29) is 5.75 Å². The van der Waals surface area contributed by atoms with Crippen molar-refractivity contribution >= 4 is 10.9 Å². The highest BCUT2D eigenvalue weighted by Gasteiger charge is 2.31. The van der Waals surface area contributed by atoms with Crippen molar-refractivity contribution in [2.45, 2.75) is 39.8 Å². The van der Waals surface area contributed by atoms with Crippen LogP contribution in [0.25, 0.3) is 22.2 Å². The predicted molar refractivity (Wildman–Crippen MR) is 145 cm³/mol. The van der Waals surface area contributed by atoms with Gasteiger partial charge in [0, 0.05) is 17.1 Å². The SMILES string of the molecule is CC(C)Cc1cc(OCc2ccc3ccccc3n2)ccc1-c1ccnn1Cc1ccc(OC(F)(F)F)cc1. The molecule has 0 spiro atoms. The molecule has 5 nitrogen and oxygen atoms in total. The van der Waals surface area contributed by atoms with E-state index in [1.807, 2.05) is 59.3 Å². The number of pyridine rings is 1. The standard InChI is InChI=1S/C31H28F3N3O2/c1-21(2)17-24-18-27(38-20-25-10-9-23-5-3-4-6-29(23)36-25)13-14-28(24)30-15-16-35-37(30)19-22-7-11-26(12-8-22)39-31(32,33)34/h3-16,18,21H,17,19-20H2,1-2H3. The molecule has 0 aliphatic carbocycles. The minimum atomic E-state index is -4.72. The lowest BCUT2D eigenvalue weighted by atomic mass is 9.96. The first-order valence-electron chi connectivity index (χ1n) is 12.7. The first kappa shape index (κ1) is 26.3. The summed E-state index contributed by atoms with van der Waals surface area (Å²) in [4.78, 5) is 4.69. The topological polar surface area (TPSA) is 49.2 Å². The summed E-state index contributed by atoms with van der Waals surface area (Å²) in [5.41, 5.74) is 5.68. The van der Waals surface area contributed by atoms with Crippen LogP contribution >= 0.6 is 0 Å². The maximum Gasteiger partial charge on any atom is 0.573 e. The van der Waals surface area contributed by atoms with E-state index in [9.17, 15) is 13.2 Å². The second-order valence-electron chi connectivity index (χ2n) is 9.77. The summed E-state index contributed by atoms with van der Waals surface area (Å²) in [7, 11) is 0. The van der Waals surface area contributed by atoms with E-state index in [1.165, 1.54) is 12.1 Å². The molecule has 0 aliphatic rings. The van der Waals surface area contributed by atoms with E-state index in [0.717, 1.165) is 51.2 Å². The third kappa shape index (κ3) is 6.76. The van der Waals surface area contributed by atoms with Crippen molar-refractivity contribution in [2.24, 2.45) is 5.92 Å². The second-order valence-corrected chi connectivity index (χ2v) is 9.77. The van der Waals surface area contributed by atoms with Crippen molar-refractivity contribution in [3.8, 4) is 22.8 Å². The summed E-state index contributed by atoms with van der Waals surface area (Å²) >= 11 is 0. The smallest absolute Gasteiger partial charge is 0.487 e. The van der Waals surface area contributed by atoms with Gasteiger partial charge in [-0.2, -0.15) is 5.10 Å². The van der Waals surface area contributed by atoms with E-state index >= 15 is 0 Å². The largest absolute Gasteiger partial charge is 0.573 e. The van der Waals surface area contributed by atoms with Crippen molar-refractivity contribution in [2.75, 3.05) is 0 Å². The van der Waals surface area contributed by atoms with Gasteiger partial charge < -0.3 is 9.47 Å². The Hall–Kier alpha value is -4.33. The number of hydrogen-bond donors (Lipinski definition) is 0. The Morgan fingerprint density at radius 3 is 2.41 bits per heavy atom. The Bertz CT molecular complexity index is 1560. The summed E-state index contributed by atoms with van der Waals surface area (Å²) in [6, 6.07) is 25.9. The second kappa shape index (κ2) is 11.2. The van der Waals surface area contributed by atoms with Gasteiger partial charge in [-0.25, -0.2) is 4.98 Å². The number of aromatic nitrogens is 3. The summed E-state index contributed by atoms with van der Waals surface area (Å²) in [5, 5.41) is 5.57. The monoisotopic (exact) mass is 531 g/mol. The van der Waals surface area contributed by atoms with Crippen LogP contribution in [0.3, 0.4) is 0 Å². The lowest BCUT2D eigenvalue weighted by Gasteiger charge is -2.16. The van der Waals surface area contributed by atoms with Gasteiger partial charge in [-0.15, -0.1) is 13.2 Å². The molecular weight excluding hydrogens is 503 g/mol. The first-order chi connectivity index (χ1) is 18.7.